The van der Waals surface area contributed by atoms with E-state index >= 15 is 0 Å². The predicted octanol–water partition coefficient (Wildman–Crippen LogP) is 1.61. The molecule has 16 heavy (non-hydrogen) atoms. The van der Waals surface area contributed by atoms with E-state index in [4.69, 9.17) is 4.42 Å². The summed E-state index contributed by atoms with van der Waals surface area (Å²) >= 11 is 0. The number of aryl methyl sites for hydroxylation is 3. The van der Waals surface area contributed by atoms with Gasteiger partial charge in [0.1, 0.15) is 5.76 Å². The molecule has 2 N–H and O–H groups in total. The van der Waals surface area contributed by atoms with Gasteiger partial charge in [0.2, 0.25) is 5.89 Å². The fourth-order valence-electron chi connectivity index (χ4n) is 1.47. The topological polar surface area (TPSA) is 66.7 Å². The van der Waals surface area contributed by atoms with Crippen LogP contribution in [0.5, 0.6) is 0 Å². The number of hydrogen-bond acceptors (Lipinski definition) is 4. The van der Waals surface area contributed by atoms with Gasteiger partial charge in [-0.15, -0.1) is 0 Å². The lowest BCUT2D eigenvalue weighted by Gasteiger charge is -2.00. The lowest BCUT2D eigenvalue weighted by molar-refractivity contribution is 0.448. The summed E-state index contributed by atoms with van der Waals surface area (Å²) in [7, 11) is 0. The molecule has 0 atom stereocenters. The summed E-state index contributed by atoms with van der Waals surface area (Å²) < 4.78 is 5.47. The number of oxazole rings is 1. The van der Waals surface area contributed by atoms with E-state index in [9.17, 15) is 0 Å². The minimum Gasteiger partial charge on any atom is -0.444 e. The van der Waals surface area contributed by atoms with Gasteiger partial charge in [-0.3, -0.25) is 5.10 Å². The number of hydrogen-bond donors (Lipinski definition) is 2. The Kier molecular flexibility index (Phi) is 3.05. The Balaban J connectivity index is 1.87. The Labute approximate surface area is 94.3 Å². The van der Waals surface area contributed by atoms with E-state index in [1.54, 1.807) is 0 Å². The predicted molar refractivity (Wildman–Crippen MR) is 59.8 cm³/mol. The van der Waals surface area contributed by atoms with Gasteiger partial charge in [0.05, 0.1) is 18.4 Å². The van der Waals surface area contributed by atoms with Crippen molar-refractivity contribution >= 4 is 0 Å². The van der Waals surface area contributed by atoms with Crippen LogP contribution in [0.2, 0.25) is 0 Å². The van der Waals surface area contributed by atoms with Crippen molar-refractivity contribution in [2.24, 2.45) is 0 Å². The van der Waals surface area contributed by atoms with Crippen LogP contribution in [0.15, 0.2) is 10.6 Å². The normalized spacial score (nSPS) is 10.9. The zero-order valence-electron chi connectivity index (χ0n) is 9.79. The smallest absolute Gasteiger partial charge is 0.208 e. The van der Waals surface area contributed by atoms with Gasteiger partial charge < -0.3 is 9.73 Å². The van der Waals surface area contributed by atoms with E-state index in [-0.39, 0.29) is 0 Å². The monoisotopic (exact) mass is 220 g/mol. The second-order valence-corrected chi connectivity index (χ2v) is 3.87. The second kappa shape index (κ2) is 4.49. The Bertz CT molecular complexity index is 453. The molecule has 0 bridgehead atoms. The van der Waals surface area contributed by atoms with Crippen LogP contribution >= 0.6 is 0 Å². The van der Waals surface area contributed by atoms with E-state index in [0.29, 0.717) is 6.54 Å². The molecule has 0 radical (unpaired) electrons. The number of aromatic amines is 1. The van der Waals surface area contributed by atoms with Crippen LogP contribution in [0.1, 0.15) is 28.6 Å². The quantitative estimate of drug-likeness (QED) is 0.821. The standard InChI is InChI=1S/C11H16N4O/c1-7-9(3)16-11(14-7)6-12-4-10-5-13-15-8(10)2/h5,12H,4,6H2,1-3H3,(H,13,15). The SMILES string of the molecule is Cc1nc(CNCc2cn[nH]c2C)oc1C. The molecule has 2 rings (SSSR count). The van der Waals surface area contributed by atoms with Crippen molar-refractivity contribution in [2.75, 3.05) is 0 Å². The number of H-pyrrole nitrogens is 1. The van der Waals surface area contributed by atoms with E-state index in [0.717, 1.165) is 29.6 Å². The van der Waals surface area contributed by atoms with Crippen LogP contribution in [0.25, 0.3) is 0 Å². The highest BCUT2D eigenvalue weighted by molar-refractivity contribution is 5.13. The fourth-order valence-corrected chi connectivity index (χ4v) is 1.47. The molecule has 0 aliphatic carbocycles. The first-order chi connectivity index (χ1) is 7.66. The molecular formula is C11H16N4O. The Morgan fingerprint density at radius 1 is 1.31 bits per heavy atom. The molecule has 0 saturated carbocycles. The first-order valence-electron chi connectivity index (χ1n) is 5.29. The first-order valence-corrected chi connectivity index (χ1v) is 5.29. The second-order valence-electron chi connectivity index (χ2n) is 3.87. The average Bonchev–Trinajstić information content (AvgIpc) is 2.76. The summed E-state index contributed by atoms with van der Waals surface area (Å²) in [5.41, 5.74) is 3.21. The summed E-state index contributed by atoms with van der Waals surface area (Å²) in [6, 6.07) is 0. The van der Waals surface area contributed by atoms with Gasteiger partial charge >= 0.3 is 0 Å². The van der Waals surface area contributed by atoms with Gasteiger partial charge in [-0.2, -0.15) is 5.10 Å². The molecular weight excluding hydrogens is 204 g/mol. The number of nitrogens with zero attached hydrogens (tertiary/aromatic N) is 2. The van der Waals surface area contributed by atoms with Gasteiger partial charge in [0.25, 0.3) is 0 Å². The molecule has 0 saturated heterocycles. The maximum atomic E-state index is 5.47. The molecule has 0 aliphatic heterocycles. The van der Waals surface area contributed by atoms with E-state index in [1.165, 1.54) is 5.56 Å². The zero-order chi connectivity index (χ0) is 11.5. The molecule has 86 valence electrons. The van der Waals surface area contributed by atoms with Crippen LogP contribution in [-0.2, 0) is 13.1 Å². The van der Waals surface area contributed by atoms with E-state index in [1.807, 2.05) is 27.0 Å². The third kappa shape index (κ3) is 2.30. The molecule has 0 spiro atoms. The van der Waals surface area contributed by atoms with Gasteiger partial charge in [0.15, 0.2) is 0 Å². The summed E-state index contributed by atoms with van der Waals surface area (Å²) in [6.45, 7) is 7.28. The maximum Gasteiger partial charge on any atom is 0.208 e. The van der Waals surface area contributed by atoms with Crippen LogP contribution in [-0.4, -0.2) is 15.2 Å². The van der Waals surface area contributed by atoms with Crippen LogP contribution in [0, 0.1) is 20.8 Å². The van der Waals surface area contributed by atoms with Crippen molar-refractivity contribution in [3.05, 3.63) is 34.8 Å². The number of rotatable bonds is 4. The number of aromatic nitrogens is 3. The minimum atomic E-state index is 0.638. The van der Waals surface area contributed by atoms with E-state index in [2.05, 4.69) is 20.5 Å². The largest absolute Gasteiger partial charge is 0.444 e. The molecule has 0 amide bonds. The lowest BCUT2D eigenvalue weighted by Crippen LogP contribution is -2.13. The highest BCUT2D eigenvalue weighted by Crippen LogP contribution is 2.08. The highest BCUT2D eigenvalue weighted by atomic mass is 16.4. The summed E-state index contributed by atoms with van der Waals surface area (Å²) in [5.74, 6) is 1.62. The third-order valence-corrected chi connectivity index (χ3v) is 2.60. The fraction of sp³-hybridized carbons (Fsp3) is 0.455. The molecule has 5 heteroatoms. The highest BCUT2D eigenvalue weighted by Gasteiger charge is 2.05. The molecule has 0 aromatic carbocycles. The number of nitrogens with one attached hydrogen (secondary N) is 2. The first kappa shape index (κ1) is 10.9. The van der Waals surface area contributed by atoms with Crippen LogP contribution in [0.3, 0.4) is 0 Å². The molecule has 2 heterocycles. The average molecular weight is 220 g/mol. The van der Waals surface area contributed by atoms with Gasteiger partial charge in [0, 0.05) is 17.8 Å². The van der Waals surface area contributed by atoms with Crippen molar-refractivity contribution in [1.29, 1.82) is 0 Å². The molecule has 0 fully saturated rings. The molecule has 2 aromatic heterocycles. The summed E-state index contributed by atoms with van der Waals surface area (Å²) in [6.07, 6.45) is 1.83. The van der Waals surface area contributed by atoms with Gasteiger partial charge in [-0.05, 0) is 20.8 Å². The van der Waals surface area contributed by atoms with Gasteiger partial charge in [-0.1, -0.05) is 0 Å². The Hall–Kier alpha value is -1.62. The maximum absolute atomic E-state index is 5.47. The Morgan fingerprint density at radius 3 is 2.69 bits per heavy atom. The zero-order valence-corrected chi connectivity index (χ0v) is 9.79. The molecule has 0 unspecified atom stereocenters. The van der Waals surface area contributed by atoms with Crippen molar-refractivity contribution in [3.63, 3.8) is 0 Å². The third-order valence-electron chi connectivity index (χ3n) is 2.60. The van der Waals surface area contributed by atoms with Crippen molar-refractivity contribution in [2.45, 2.75) is 33.9 Å². The van der Waals surface area contributed by atoms with Crippen LogP contribution < -0.4 is 5.32 Å². The van der Waals surface area contributed by atoms with Crippen molar-refractivity contribution in [3.8, 4) is 0 Å². The van der Waals surface area contributed by atoms with E-state index < -0.39 is 0 Å². The Morgan fingerprint density at radius 2 is 2.12 bits per heavy atom. The van der Waals surface area contributed by atoms with Crippen molar-refractivity contribution < 1.29 is 4.42 Å². The lowest BCUT2D eigenvalue weighted by atomic mass is 10.3. The van der Waals surface area contributed by atoms with Crippen molar-refractivity contribution in [1.82, 2.24) is 20.5 Å². The van der Waals surface area contributed by atoms with Crippen LogP contribution in [0.4, 0.5) is 0 Å². The summed E-state index contributed by atoms with van der Waals surface area (Å²) in [5, 5.41) is 10.1. The summed E-state index contributed by atoms with van der Waals surface area (Å²) in [4.78, 5) is 4.30. The molecule has 2 aromatic rings. The minimum absolute atomic E-state index is 0.638. The molecule has 5 nitrogen and oxygen atoms in total. The molecule has 0 aliphatic rings. The van der Waals surface area contributed by atoms with Gasteiger partial charge in [-0.25, -0.2) is 4.98 Å².